The number of allylic oxidation sites excluding steroid dienone is 5. The molecule has 1 unspecified atom stereocenters. The van der Waals surface area contributed by atoms with E-state index in [1.807, 2.05) is 50.9 Å². The van der Waals surface area contributed by atoms with Crippen LogP contribution in [0.5, 0.6) is 0 Å². The fourth-order valence-electron chi connectivity index (χ4n) is 2.93. The summed E-state index contributed by atoms with van der Waals surface area (Å²) in [6.45, 7) is 11.3. The molecule has 1 heterocycles. The van der Waals surface area contributed by atoms with E-state index in [0.717, 1.165) is 5.70 Å². The molecule has 0 spiro atoms. The molecule has 26 heavy (non-hydrogen) atoms. The van der Waals surface area contributed by atoms with E-state index in [-0.39, 0.29) is 12.5 Å². The van der Waals surface area contributed by atoms with Gasteiger partial charge in [-0.25, -0.2) is 4.79 Å². The molecule has 0 saturated carbocycles. The number of dihydropyridines is 1. The van der Waals surface area contributed by atoms with Crippen LogP contribution < -0.4 is 10.6 Å². The largest absolute Gasteiger partial charge is 0.463 e. The zero-order chi connectivity index (χ0) is 19.9. The van der Waals surface area contributed by atoms with E-state index in [4.69, 9.17) is 4.74 Å². The van der Waals surface area contributed by atoms with Gasteiger partial charge in [-0.3, -0.25) is 4.79 Å². The van der Waals surface area contributed by atoms with Crippen molar-refractivity contribution in [2.75, 3.05) is 20.7 Å². The van der Waals surface area contributed by atoms with Gasteiger partial charge in [0.15, 0.2) is 0 Å². The number of nitrogens with zero attached hydrogens (tertiary/aromatic N) is 1. The Kier molecular flexibility index (Phi) is 7.90. The van der Waals surface area contributed by atoms with E-state index >= 15 is 0 Å². The molecule has 0 aromatic rings. The molecule has 0 bridgehead atoms. The fraction of sp³-hybridized carbons (Fsp3) is 0.400. The number of esters is 1. The van der Waals surface area contributed by atoms with E-state index in [1.54, 1.807) is 20.0 Å². The van der Waals surface area contributed by atoms with Crippen LogP contribution >= 0.6 is 0 Å². The number of amides is 1. The van der Waals surface area contributed by atoms with Crippen molar-refractivity contribution in [3.63, 3.8) is 0 Å². The summed E-state index contributed by atoms with van der Waals surface area (Å²) in [6, 6.07) is 0. The second kappa shape index (κ2) is 9.65. The van der Waals surface area contributed by atoms with E-state index in [9.17, 15) is 9.59 Å². The molecular weight excluding hydrogens is 330 g/mol. The van der Waals surface area contributed by atoms with Crippen molar-refractivity contribution < 1.29 is 14.3 Å². The zero-order valence-corrected chi connectivity index (χ0v) is 16.5. The first-order valence-corrected chi connectivity index (χ1v) is 8.64. The van der Waals surface area contributed by atoms with Crippen LogP contribution in [0.1, 0.15) is 27.7 Å². The first-order valence-electron chi connectivity index (χ1n) is 8.64. The van der Waals surface area contributed by atoms with Gasteiger partial charge in [-0.2, -0.15) is 0 Å². The highest BCUT2D eigenvalue weighted by molar-refractivity contribution is 6.00. The molecule has 0 saturated heterocycles. The molecule has 6 heteroatoms. The van der Waals surface area contributed by atoms with Crippen molar-refractivity contribution in [1.82, 2.24) is 15.5 Å². The lowest BCUT2D eigenvalue weighted by Crippen LogP contribution is -2.40. The van der Waals surface area contributed by atoms with E-state index in [1.165, 1.54) is 0 Å². The molecular formula is C20H29N3O3. The summed E-state index contributed by atoms with van der Waals surface area (Å²) in [4.78, 5) is 26.8. The van der Waals surface area contributed by atoms with Crippen LogP contribution in [0, 0.1) is 5.92 Å². The monoisotopic (exact) mass is 359 g/mol. The maximum Gasteiger partial charge on any atom is 0.336 e. The Morgan fingerprint density at radius 3 is 2.54 bits per heavy atom. The van der Waals surface area contributed by atoms with Gasteiger partial charge in [-0.05, 0) is 32.9 Å². The number of likely N-dealkylation sites (N-methyl/N-ethyl adjacent to an activating group) is 2. The quantitative estimate of drug-likeness (QED) is 0.540. The summed E-state index contributed by atoms with van der Waals surface area (Å²) in [5, 5.41) is 5.88. The summed E-state index contributed by atoms with van der Waals surface area (Å²) in [7, 11) is 3.43. The van der Waals surface area contributed by atoms with Crippen LogP contribution in [0.25, 0.3) is 0 Å². The maximum absolute atomic E-state index is 12.6. The van der Waals surface area contributed by atoms with E-state index in [2.05, 4.69) is 17.2 Å². The number of nitrogens with one attached hydrogen (secondary N) is 2. The first-order chi connectivity index (χ1) is 12.3. The SMILES string of the molecule is C=C/C=C(\C=C/C)N(C)C1=C(C(=O)NC)C(C)C(C(=O)OCC)=C(C)N1. The van der Waals surface area contributed by atoms with Gasteiger partial charge in [0.25, 0.3) is 5.91 Å². The van der Waals surface area contributed by atoms with Crippen LogP contribution in [-0.4, -0.2) is 37.5 Å². The molecule has 0 radical (unpaired) electrons. The topological polar surface area (TPSA) is 70.7 Å². The molecule has 1 aliphatic heterocycles. The van der Waals surface area contributed by atoms with Gasteiger partial charge in [0.2, 0.25) is 0 Å². The van der Waals surface area contributed by atoms with Gasteiger partial charge in [0.1, 0.15) is 5.82 Å². The van der Waals surface area contributed by atoms with Gasteiger partial charge in [-0.15, -0.1) is 0 Å². The Hall–Kier alpha value is -2.76. The van der Waals surface area contributed by atoms with Crippen molar-refractivity contribution >= 4 is 11.9 Å². The van der Waals surface area contributed by atoms with Crippen LogP contribution in [-0.2, 0) is 14.3 Å². The highest BCUT2D eigenvalue weighted by Gasteiger charge is 2.35. The molecule has 6 nitrogen and oxygen atoms in total. The third kappa shape index (κ3) is 4.45. The zero-order valence-electron chi connectivity index (χ0n) is 16.5. The lowest BCUT2D eigenvalue weighted by Gasteiger charge is -2.34. The molecule has 2 N–H and O–H groups in total. The highest BCUT2D eigenvalue weighted by atomic mass is 16.5. The number of carbonyl (C=O) groups is 2. The Balaban J connectivity index is 3.49. The van der Waals surface area contributed by atoms with Gasteiger partial charge in [0, 0.05) is 31.4 Å². The molecule has 1 amide bonds. The standard InChI is InChI=1S/C20H29N3O3/c1-8-11-15(12-9-2)23(7)18-17(19(24)21-6)13(4)16(14(5)22-18)20(25)26-10-3/h8-9,11-13,22H,1,10H2,2-7H3,(H,21,24)/b12-9-,15-11+. The number of rotatable bonds is 7. The molecule has 0 aromatic carbocycles. The molecule has 142 valence electrons. The average molecular weight is 359 g/mol. The van der Waals surface area contributed by atoms with Gasteiger partial charge < -0.3 is 20.3 Å². The van der Waals surface area contributed by atoms with Crippen LogP contribution in [0.2, 0.25) is 0 Å². The molecule has 0 fully saturated rings. The van der Waals surface area contributed by atoms with Gasteiger partial charge in [-0.1, -0.05) is 25.7 Å². The molecule has 1 rings (SSSR count). The number of hydrogen-bond donors (Lipinski definition) is 2. The smallest absolute Gasteiger partial charge is 0.336 e. The van der Waals surface area contributed by atoms with Gasteiger partial charge in [0.05, 0.1) is 17.8 Å². The fourth-order valence-corrected chi connectivity index (χ4v) is 2.93. The minimum atomic E-state index is -0.414. The summed E-state index contributed by atoms with van der Waals surface area (Å²) in [6.07, 6.45) is 7.36. The number of hydrogen-bond acceptors (Lipinski definition) is 5. The van der Waals surface area contributed by atoms with Crippen molar-refractivity contribution in [1.29, 1.82) is 0 Å². The van der Waals surface area contributed by atoms with Crippen LogP contribution in [0.4, 0.5) is 0 Å². The highest BCUT2D eigenvalue weighted by Crippen LogP contribution is 2.32. The first kappa shape index (κ1) is 21.3. The minimum Gasteiger partial charge on any atom is -0.463 e. The Morgan fingerprint density at radius 2 is 2.04 bits per heavy atom. The Bertz CT molecular complexity index is 699. The summed E-state index contributed by atoms with van der Waals surface area (Å²) < 4.78 is 5.16. The summed E-state index contributed by atoms with van der Waals surface area (Å²) in [5.74, 6) is -0.458. The van der Waals surface area contributed by atoms with Crippen LogP contribution in [0.15, 0.2) is 59.2 Å². The lowest BCUT2D eigenvalue weighted by molar-refractivity contribution is -0.139. The second-order valence-corrected chi connectivity index (χ2v) is 5.83. The molecule has 1 aliphatic rings. The third-order valence-electron chi connectivity index (χ3n) is 4.15. The molecule has 0 aliphatic carbocycles. The minimum absolute atomic E-state index is 0.250. The van der Waals surface area contributed by atoms with Crippen molar-refractivity contribution in [3.05, 3.63) is 59.2 Å². The second-order valence-electron chi connectivity index (χ2n) is 5.83. The predicted octanol–water partition coefficient (Wildman–Crippen LogP) is 2.60. The molecule has 1 atom stereocenters. The summed E-state index contributed by atoms with van der Waals surface area (Å²) in [5.41, 5.74) is 2.46. The Morgan fingerprint density at radius 1 is 1.38 bits per heavy atom. The van der Waals surface area contributed by atoms with E-state index in [0.29, 0.717) is 22.7 Å². The van der Waals surface area contributed by atoms with Crippen molar-refractivity contribution in [2.45, 2.75) is 27.7 Å². The Labute approximate surface area is 156 Å². The lowest BCUT2D eigenvalue weighted by atomic mass is 9.87. The van der Waals surface area contributed by atoms with E-state index < -0.39 is 11.9 Å². The average Bonchev–Trinajstić information content (AvgIpc) is 2.60. The van der Waals surface area contributed by atoms with Crippen molar-refractivity contribution in [2.24, 2.45) is 5.92 Å². The number of ether oxygens (including phenoxy) is 1. The maximum atomic E-state index is 12.6. The molecule has 0 aromatic heterocycles. The third-order valence-corrected chi connectivity index (χ3v) is 4.15. The van der Waals surface area contributed by atoms with Crippen molar-refractivity contribution in [3.8, 4) is 0 Å². The normalized spacial score (nSPS) is 17.9. The van der Waals surface area contributed by atoms with Gasteiger partial charge >= 0.3 is 5.97 Å². The predicted molar refractivity (Wildman–Crippen MR) is 104 cm³/mol. The van der Waals surface area contributed by atoms with Crippen LogP contribution in [0.3, 0.4) is 0 Å². The number of carbonyl (C=O) groups excluding carboxylic acids is 2. The summed E-state index contributed by atoms with van der Waals surface area (Å²) >= 11 is 0.